The summed E-state index contributed by atoms with van der Waals surface area (Å²) in [6, 6.07) is -0.961. The summed E-state index contributed by atoms with van der Waals surface area (Å²) in [5, 5.41) is 9.11. The maximum atomic E-state index is 12.4. The van der Waals surface area contributed by atoms with E-state index in [1.165, 1.54) is 16.1 Å². The van der Waals surface area contributed by atoms with E-state index in [9.17, 15) is 13.2 Å². The third kappa shape index (κ3) is 2.80. The summed E-state index contributed by atoms with van der Waals surface area (Å²) in [5.41, 5.74) is 0. The second-order valence-corrected chi connectivity index (χ2v) is 7.09. The highest BCUT2D eigenvalue weighted by atomic mass is 32.2. The van der Waals surface area contributed by atoms with Gasteiger partial charge in [-0.05, 0) is 0 Å². The Balaban J connectivity index is 2.18. The Morgan fingerprint density at radius 1 is 1.28 bits per heavy atom. The normalized spacial score (nSPS) is 28.1. The molecule has 2 saturated heterocycles. The van der Waals surface area contributed by atoms with E-state index in [1.54, 1.807) is 0 Å². The lowest BCUT2D eigenvalue weighted by molar-refractivity contribution is -0.140. The Morgan fingerprint density at radius 2 is 1.94 bits per heavy atom. The van der Waals surface area contributed by atoms with Crippen LogP contribution in [0.4, 0.5) is 0 Å². The topological polar surface area (TPSA) is 87.2 Å². The van der Waals surface area contributed by atoms with Crippen molar-refractivity contribution in [2.75, 3.05) is 44.4 Å². The molecule has 7 nitrogen and oxygen atoms in total. The minimum atomic E-state index is -3.69. The summed E-state index contributed by atoms with van der Waals surface area (Å²) in [7, 11) is -3.69. The molecule has 0 saturated carbocycles. The van der Waals surface area contributed by atoms with Gasteiger partial charge in [-0.15, -0.1) is 0 Å². The van der Waals surface area contributed by atoms with Crippen LogP contribution in [0.2, 0.25) is 0 Å². The highest BCUT2D eigenvalue weighted by molar-refractivity contribution is 7.99. The molecule has 0 radical (unpaired) electrons. The number of rotatable bonds is 3. The lowest BCUT2D eigenvalue weighted by Crippen LogP contribution is -2.56. The number of morpholine rings is 1. The van der Waals surface area contributed by atoms with Crippen molar-refractivity contribution in [2.45, 2.75) is 6.04 Å². The van der Waals surface area contributed by atoms with Crippen LogP contribution in [-0.4, -0.2) is 78.5 Å². The predicted molar refractivity (Wildman–Crippen MR) is 66.8 cm³/mol. The van der Waals surface area contributed by atoms with Gasteiger partial charge in [0.1, 0.15) is 6.04 Å². The van der Waals surface area contributed by atoms with E-state index >= 15 is 0 Å². The zero-order valence-corrected chi connectivity index (χ0v) is 11.5. The second kappa shape index (κ2) is 5.74. The predicted octanol–water partition coefficient (Wildman–Crippen LogP) is -0.935. The van der Waals surface area contributed by atoms with E-state index in [-0.39, 0.29) is 19.6 Å². The van der Waals surface area contributed by atoms with Crippen LogP contribution < -0.4 is 0 Å². The van der Waals surface area contributed by atoms with Gasteiger partial charge in [-0.3, -0.25) is 4.79 Å². The SMILES string of the molecule is O=C(O)C1CSCCN1S(=O)(=O)N1CCOCC1. The summed E-state index contributed by atoms with van der Waals surface area (Å²) in [5.74, 6) is -0.147. The molecule has 2 fully saturated rings. The van der Waals surface area contributed by atoms with Crippen molar-refractivity contribution in [1.82, 2.24) is 8.61 Å². The maximum Gasteiger partial charge on any atom is 0.322 e. The molecule has 0 spiro atoms. The first-order valence-electron chi connectivity index (χ1n) is 5.68. The van der Waals surface area contributed by atoms with E-state index in [2.05, 4.69) is 0 Å². The Bertz CT molecular complexity index is 407. The number of thioether (sulfide) groups is 1. The van der Waals surface area contributed by atoms with E-state index < -0.39 is 22.2 Å². The molecule has 2 aliphatic rings. The number of carboxylic acids is 1. The van der Waals surface area contributed by atoms with Crippen molar-refractivity contribution in [2.24, 2.45) is 0 Å². The third-order valence-corrected chi connectivity index (χ3v) is 6.03. The molecule has 0 aromatic heterocycles. The van der Waals surface area contributed by atoms with E-state index in [0.717, 1.165) is 4.31 Å². The van der Waals surface area contributed by atoms with Gasteiger partial charge in [-0.25, -0.2) is 0 Å². The van der Waals surface area contributed by atoms with Gasteiger partial charge in [0.2, 0.25) is 0 Å². The Labute approximate surface area is 110 Å². The number of ether oxygens (including phenoxy) is 1. The van der Waals surface area contributed by atoms with E-state index in [1.807, 2.05) is 0 Å². The largest absolute Gasteiger partial charge is 0.480 e. The van der Waals surface area contributed by atoms with Gasteiger partial charge in [0.25, 0.3) is 10.2 Å². The summed E-state index contributed by atoms with van der Waals surface area (Å²) in [4.78, 5) is 11.1. The molecule has 9 heteroatoms. The minimum Gasteiger partial charge on any atom is -0.480 e. The Kier molecular flexibility index (Phi) is 4.49. The molecule has 0 aromatic rings. The summed E-state index contributed by atoms with van der Waals surface area (Å²) < 4.78 is 32.3. The van der Waals surface area contributed by atoms with Crippen molar-refractivity contribution < 1.29 is 23.1 Å². The first-order chi connectivity index (χ1) is 8.53. The molecule has 1 unspecified atom stereocenters. The van der Waals surface area contributed by atoms with Crippen molar-refractivity contribution in [3.8, 4) is 0 Å². The van der Waals surface area contributed by atoms with Gasteiger partial charge in [0, 0.05) is 31.1 Å². The van der Waals surface area contributed by atoms with Crippen LogP contribution in [0.25, 0.3) is 0 Å². The second-order valence-electron chi connectivity index (χ2n) is 4.06. The van der Waals surface area contributed by atoms with Crippen LogP contribution in [0, 0.1) is 0 Å². The number of hydrogen-bond donors (Lipinski definition) is 1. The van der Waals surface area contributed by atoms with Crippen LogP contribution in [0.5, 0.6) is 0 Å². The number of nitrogens with zero attached hydrogens (tertiary/aromatic N) is 2. The zero-order chi connectivity index (χ0) is 13.2. The molecule has 1 N–H and O–H groups in total. The average molecular weight is 296 g/mol. The Hall–Kier alpha value is -0.350. The number of aliphatic carboxylic acids is 1. The van der Waals surface area contributed by atoms with Gasteiger partial charge < -0.3 is 9.84 Å². The summed E-state index contributed by atoms with van der Waals surface area (Å²) in [6.45, 7) is 1.55. The van der Waals surface area contributed by atoms with Crippen LogP contribution in [0.15, 0.2) is 0 Å². The zero-order valence-electron chi connectivity index (χ0n) is 9.82. The van der Waals surface area contributed by atoms with Crippen LogP contribution in [0.1, 0.15) is 0 Å². The van der Waals surface area contributed by atoms with Crippen LogP contribution in [0.3, 0.4) is 0 Å². The highest BCUT2D eigenvalue weighted by Gasteiger charge is 2.40. The van der Waals surface area contributed by atoms with Crippen molar-refractivity contribution in [3.05, 3.63) is 0 Å². The molecule has 2 heterocycles. The molecule has 104 valence electrons. The molecule has 0 aromatic carbocycles. The molecule has 2 aliphatic heterocycles. The molecular formula is C9H16N2O5S2. The molecule has 1 atom stereocenters. The number of hydrogen-bond acceptors (Lipinski definition) is 5. The van der Waals surface area contributed by atoms with Crippen LogP contribution >= 0.6 is 11.8 Å². The quantitative estimate of drug-likeness (QED) is 0.724. The van der Waals surface area contributed by atoms with Gasteiger partial charge in [-0.1, -0.05) is 0 Å². The summed E-state index contributed by atoms with van der Waals surface area (Å²) >= 11 is 1.47. The maximum absolute atomic E-state index is 12.4. The van der Waals surface area contributed by atoms with Crippen LogP contribution in [-0.2, 0) is 19.7 Å². The third-order valence-electron chi connectivity index (χ3n) is 2.96. The van der Waals surface area contributed by atoms with Gasteiger partial charge >= 0.3 is 5.97 Å². The van der Waals surface area contributed by atoms with E-state index in [4.69, 9.17) is 9.84 Å². The fourth-order valence-electron chi connectivity index (χ4n) is 1.98. The van der Waals surface area contributed by atoms with Crippen molar-refractivity contribution in [1.29, 1.82) is 0 Å². The van der Waals surface area contributed by atoms with Gasteiger partial charge in [0.05, 0.1) is 13.2 Å². The van der Waals surface area contributed by atoms with Crippen molar-refractivity contribution in [3.63, 3.8) is 0 Å². The van der Waals surface area contributed by atoms with Gasteiger partial charge in [-0.2, -0.15) is 28.8 Å². The Morgan fingerprint density at radius 3 is 2.56 bits per heavy atom. The summed E-state index contributed by atoms with van der Waals surface area (Å²) in [6.07, 6.45) is 0. The molecule has 0 amide bonds. The lowest BCUT2D eigenvalue weighted by Gasteiger charge is -2.36. The van der Waals surface area contributed by atoms with E-state index in [0.29, 0.717) is 24.7 Å². The minimum absolute atomic E-state index is 0.251. The smallest absolute Gasteiger partial charge is 0.322 e. The molecule has 0 aliphatic carbocycles. The number of carbonyl (C=O) groups is 1. The molecular weight excluding hydrogens is 280 g/mol. The molecule has 2 rings (SSSR count). The lowest BCUT2D eigenvalue weighted by atomic mass is 10.3. The first-order valence-corrected chi connectivity index (χ1v) is 8.24. The number of carboxylic acid groups (broad SMARTS) is 1. The highest BCUT2D eigenvalue weighted by Crippen LogP contribution is 2.22. The average Bonchev–Trinajstić information content (AvgIpc) is 2.39. The van der Waals surface area contributed by atoms with Gasteiger partial charge in [0.15, 0.2) is 0 Å². The fourth-order valence-corrected chi connectivity index (χ4v) is 4.95. The standard InChI is InChI=1S/C9H16N2O5S2/c12-9(13)8-7-17-6-3-11(8)18(14,15)10-1-4-16-5-2-10/h8H,1-7H2,(H,12,13). The monoisotopic (exact) mass is 296 g/mol. The first kappa shape index (κ1) is 14.1. The van der Waals surface area contributed by atoms with Crippen molar-refractivity contribution >= 4 is 27.9 Å². The molecule has 0 bridgehead atoms. The molecule has 18 heavy (non-hydrogen) atoms. The fraction of sp³-hybridized carbons (Fsp3) is 0.889.